The molecule has 1 aliphatic heterocycles. The van der Waals surface area contributed by atoms with Crippen molar-refractivity contribution in [2.24, 2.45) is 0 Å². The molecule has 26 heavy (non-hydrogen) atoms. The highest BCUT2D eigenvalue weighted by Crippen LogP contribution is 2.23. The van der Waals surface area contributed by atoms with Gasteiger partial charge in [0, 0.05) is 28.1 Å². The molecule has 1 aromatic heterocycles. The molecule has 1 saturated heterocycles. The zero-order valence-electron chi connectivity index (χ0n) is 14.5. The lowest BCUT2D eigenvalue weighted by Gasteiger charge is -2.15. The molecule has 1 aliphatic rings. The molecule has 1 aromatic carbocycles. The summed E-state index contributed by atoms with van der Waals surface area (Å²) in [5.74, 6) is 0.334. The zero-order chi connectivity index (χ0) is 18.9. The number of allylic oxidation sites excluding steroid dienone is 1. The monoisotopic (exact) mass is 412 g/mol. The largest absolute Gasteiger partial charge is 0.309 e. The molecule has 0 radical (unpaired) electrons. The molecule has 1 atom stereocenters. The summed E-state index contributed by atoms with van der Waals surface area (Å²) in [5.41, 5.74) is 1.28. The maximum atomic E-state index is 12.9. The summed E-state index contributed by atoms with van der Waals surface area (Å²) < 4.78 is 24.8. The molecule has 0 saturated carbocycles. The van der Waals surface area contributed by atoms with E-state index in [2.05, 4.69) is 11.9 Å². The number of benzene rings is 1. The molecule has 0 unspecified atom stereocenters. The molecule has 140 valence electrons. The number of nitrogens with one attached hydrogen (secondary N) is 1. The summed E-state index contributed by atoms with van der Waals surface area (Å²) >= 11 is 7.59. The fraction of sp³-hybridized carbons (Fsp3) is 0.389. The normalized spacial score (nSPS) is 19.1. The van der Waals surface area contributed by atoms with Crippen molar-refractivity contribution in [1.29, 1.82) is 0 Å². The highest BCUT2D eigenvalue weighted by molar-refractivity contribution is 7.98. The molecule has 0 aliphatic carbocycles. The van der Waals surface area contributed by atoms with E-state index >= 15 is 0 Å². The summed E-state index contributed by atoms with van der Waals surface area (Å²) in [6.45, 7) is 4.28. The summed E-state index contributed by atoms with van der Waals surface area (Å²) in [5, 5.41) is 4.54. The Kier molecular flexibility index (Phi) is 5.81. The van der Waals surface area contributed by atoms with Crippen molar-refractivity contribution in [2.45, 2.75) is 30.4 Å². The van der Waals surface area contributed by atoms with Crippen LogP contribution < -0.4 is 10.9 Å². The highest BCUT2D eigenvalue weighted by Gasteiger charge is 2.27. The lowest BCUT2D eigenvalue weighted by molar-refractivity contribution is 0.550. The van der Waals surface area contributed by atoms with E-state index in [1.165, 1.54) is 0 Å². The number of sulfone groups is 1. The summed E-state index contributed by atoms with van der Waals surface area (Å²) in [6.07, 6.45) is 2.57. The molecule has 0 amide bonds. The standard InChI is InChI=1S/C18H21ClN2O3S2/c1-12(19)10-21-17-8-16(25-2)4-3-13(17)7-14(18(21)22)9-20-15-5-6-26(23,24)11-15/h3-4,7-8,15,20H,1,5-6,9-11H2,2H3/t15-/m0/s1. The fourth-order valence-electron chi connectivity index (χ4n) is 3.20. The Morgan fingerprint density at radius 2 is 2.19 bits per heavy atom. The smallest absolute Gasteiger partial charge is 0.255 e. The van der Waals surface area contributed by atoms with Gasteiger partial charge in [0.2, 0.25) is 0 Å². The van der Waals surface area contributed by atoms with E-state index in [9.17, 15) is 13.2 Å². The molecule has 8 heteroatoms. The first-order valence-corrected chi connectivity index (χ1v) is 11.7. The van der Waals surface area contributed by atoms with Crippen LogP contribution in [0.1, 0.15) is 12.0 Å². The highest BCUT2D eigenvalue weighted by atomic mass is 35.5. The Hall–Kier alpha value is -1.28. The van der Waals surface area contributed by atoms with Crippen LogP contribution in [0.15, 0.2) is 45.6 Å². The van der Waals surface area contributed by atoms with Gasteiger partial charge in [-0.05, 0) is 36.3 Å². The van der Waals surface area contributed by atoms with E-state index < -0.39 is 9.84 Å². The molecule has 0 spiro atoms. The number of rotatable bonds is 6. The Morgan fingerprint density at radius 1 is 1.42 bits per heavy atom. The Balaban J connectivity index is 1.96. The van der Waals surface area contributed by atoms with Crippen LogP contribution in [0.5, 0.6) is 0 Å². The van der Waals surface area contributed by atoms with Crippen LogP contribution in [0, 0.1) is 0 Å². The summed E-state index contributed by atoms with van der Waals surface area (Å²) in [7, 11) is -2.95. The minimum atomic E-state index is -2.95. The predicted molar refractivity (Wildman–Crippen MR) is 109 cm³/mol. The van der Waals surface area contributed by atoms with Crippen molar-refractivity contribution in [2.75, 3.05) is 17.8 Å². The number of halogens is 1. The second-order valence-electron chi connectivity index (χ2n) is 6.48. The third kappa shape index (κ3) is 4.34. The molecule has 1 N–H and O–H groups in total. The van der Waals surface area contributed by atoms with Crippen molar-refractivity contribution < 1.29 is 8.42 Å². The molecule has 0 bridgehead atoms. The maximum Gasteiger partial charge on any atom is 0.255 e. The zero-order valence-corrected chi connectivity index (χ0v) is 16.9. The third-order valence-electron chi connectivity index (χ3n) is 4.52. The number of pyridine rings is 1. The SMILES string of the molecule is C=C(Cl)Cn1c(=O)c(CN[C@H]2CCS(=O)(=O)C2)cc2ccc(SC)cc21. The van der Waals surface area contributed by atoms with Crippen LogP contribution in [0.3, 0.4) is 0 Å². The van der Waals surface area contributed by atoms with Crippen LogP contribution in [-0.4, -0.2) is 36.8 Å². The predicted octanol–water partition coefficient (Wildman–Crippen LogP) is 2.75. The van der Waals surface area contributed by atoms with Gasteiger partial charge < -0.3 is 9.88 Å². The lowest BCUT2D eigenvalue weighted by atomic mass is 10.1. The van der Waals surface area contributed by atoms with E-state index in [0.29, 0.717) is 23.6 Å². The van der Waals surface area contributed by atoms with Gasteiger partial charge in [-0.2, -0.15) is 0 Å². The minimum Gasteiger partial charge on any atom is -0.309 e. The van der Waals surface area contributed by atoms with Crippen molar-refractivity contribution in [3.8, 4) is 0 Å². The van der Waals surface area contributed by atoms with Crippen LogP contribution in [-0.2, 0) is 22.9 Å². The Labute approximate surface area is 162 Å². The van der Waals surface area contributed by atoms with Crippen molar-refractivity contribution in [3.63, 3.8) is 0 Å². The first-order valence-electron chi connectivity index (χ1n) is 8.26. The van der Waals surface area contributed by atoms with Gasteiger partial charge in [-0.25, -0.2) is 8.42 Å². The lowest BCUT2D eigenvalue weighted by Crippen LogP contribution is -2.33. The molecular formula is C18H21ClN2O3S2. The number of aromatic nitrogens is 1. The number of hydrogen-bond acceptors (Lipinski definition) is 5. The van der Waals surface area contributed by atoms with Gasteiger partial charge in [0.1, 0.15) is 0 Å². The van der Waals surface area contributed by atoms with Crippen LogP contribution >= 0.6 is 23.4 Å². The third-order valence-corrected chi connectivity index (χ3v) is 7.13. The number of hydrogen-bond donors (Lipinski definition) is 1. The number of thioether (sulfide) groups is 1. The summed E-state index contributed by atoms with van der Waals surface area (Å²) in [6, 6.07) is 7.73. The van der Waals surface area contributed by atoms with Crippen LogP contribution in [0.2, 0.25) is 0 Å². The average molecular weight is 413 g/mol. The molecular weight excluding hydrogens is 392 g/mol. The van der Waals surface area contributed by atoms with Crippen LogP contribution in [0.4, 0.5) is 0 Å². The van der Waals surface area contributed by atoms with Gasteiger partial charge in [-0.3, -0.25) is 4.79 Å². The molecule has 3 rings (SSSR count). The molecule has 2 aromatic rings. The maximum absolute atomic E-state index is 12.9. The van der Waals surface area contributed by atoms with Gasteiger partial charge in [-0.1, -0.05) is 24.2 Å². The first-order chi connectivity index (χ1) is 12.3. The Bertz CT molecular complexity index is 1020. The number of fused-ring (bicyclic) bond motifs is 1. The quantitative estimate of drug-likeness (QED) is 0.739. The van der Waals surface area contributed by atoms with Gasteiger partial charge in [0.15, 0.2) is 9.84 Å². The van der Waals surface area contributed by atoms with Crippen LogP contribution in [0.25, 0.3) is 10.9 Å². The van der Waals surface area contributed by atoms with Gasteiger partial charge in [0.05, 0.1) is 23.6 Å². The topological polar surface area (TPSA) is 68.2 Å². The van der Waals surface area contributed by atoms with E-state index in [4.69, 9.17) is 11.6 Å². The molecule has 1 fully saturated rings. The molecule has 2 heterocycles. The summed E-state index contributed by atoms with van der Waals surface area (Å²) in [4.78, 5) is 14.0. The number of nitrogens with zero attached hydrogens (tertiary/aromatic N) is 1. The minimum absolute atomic E-state index is 0.106. The Morgan fingerprint density at radius 3 is 2.81 bits per heavy atom. The first kappa shape index (κ1) is 19.5. The van der Waals surface area contributed by atoms with Crippen molar-refractivity contribution >= 4 is 44.1 Å². The average Bonchev–Trinajstić information content (AvgIpc) is 2.94. The van der Waals surface area contributed by atoms with Crippen molar-refractivity contribution in [1.82, 2.24) is 9.88 Å². The second-order valence-corrected chi connectivity index (χ2v) is 10.1. The van der Waals surface area contributed by atoms with E-state index in [-0.39, 0.29) is 29.7 Å². The fourth-order valence-corrected chi connectivity index (χ4v) is 5.46. The van der Waals surface area contributed by atoms with Gasteiger partial charge in [-0.15, -0.1) is 11.8 Å². The van der Waals surface area contributed by atoms with Crippen molar-refractivity contribution in [3.05, 3.63) is 51.8 Å². The van der Waals surface area contributed by atoms with E-state index in [1.807, 2.05) is 30.5 Å². The van der Waals surface area contributed by atoms with E-state index in [0.717, 1.165) is 15.8 Å². The van der Waals surface area contributed by atoms with Gasteiger partial charge in [0.25, 0.3) is 5.56 Å². The second kappa shape index (κ2) is 7.76. The van der Waals surface area contributed by atoms with E-state index in [1.54, 1.807) is 16.3 Å². The molecule has 5 nitrogen and oxygen atoms in total. The van der Waals surface area contributed by atoms with Gasteiger partial charge >= 0.3 is 0 Å².